The number of benzene rings is 1. The second-order valence-electron chi connectivity index (χ2n) is 8.91. The molecule has 4 heteroatoms. The Morgan fingerprint density at radius 1 is 1.15 bits per heavy atom. The van der Waals surface area contributed by atoms with Crippen LogP contribution < -0.4 is 10.6 Å². The van der Waals surface area contributed by atoms with E-state index in [1.54, 1.807) is 0 Å². The first kappa shape index (κ1) is 22.8. The molecule has 0 radical (unpaired) electrons. The van der Waals surface area contributed by atoms with Gasteiger partial charge in [0.2, 0.25) is 0 Å². The highest BCUT2D eigenvalue weighted by molar-refractivity contribution is 5.58. The van der Waals surface area contributed by atoms with Gasteiger partial charge in [0.05, 0.1) is 27.7 Å². The minimum atomic E-state index is 0.729. The molecule has 1 fully saturated rings. The summed E-state index contributed by atoms with van der Waals surface area (Å²) in [5.74, 6) is 0. The Labute approximate surface area is 162 Å². The molecule has 1 aliphatic rings. The molecule has 26 heavy (non-hydrogen) atoms. The lowest BCUT2D eigenvalue weighted by molar-refractivity contribution is -0.893. The van der Waals surface area contributed by atoms with Gasteiger partial charge in [-0.15, -0.1) is 0 Å². The molecule has 2 rings (SSSR count). The number of nitrogens with zero attached hydrogens (tertiary/aromatic N) is 3. The van der Waals surface area contributed by atoms with Crippen LogP contribution in [0.3, 0.4) is 0 Å². The molecular formula is C22H43N4+. The van der Waals surface area contributed by atoms with Crippen LogP contribution in [0.2, 0.25) is 0 Å². The van der Waals surface area contributed by atoms with Crippen LogP contribution >= 0.6 is 0 Å². The van der Waals surface area contributed by atoms with Gasteiger partial charge in [-0.25, -0.2) is 0 Å². The molecule has 0 aromatic heterocycles. The third-order valence-electron chi connectivity index (χ3n) is 5.34. The molecule has 1 unspecified atom stereocenters. The second-order valence-corrected chi connectivity index (χ2v) is 8.91. The van der Waals surface area contributed by atoms with Crippen molar-refractivity contribution in [3.63, 3.8) is 0 Å². The standard InChI is InChI=1S/C14H24N3.C8H19N/c1-11-9-12(5-6-14(11)15)16-8-7-13(10-16)17(2,3)4;1-4-5-6-7-8-9(2)3/h5-6,9,13H,7-8,10,15H2,1-4H3;4-8H2,1-3H3/q+1;. The molecule has 0 bridgehead atoms. The number of hydrogen-bond donors (Lipinski definition) is 1. The largest absolute Gasteiger partial charge is 0.399 e. The summed E-state index contributed by atoms with van der Waals surface area (Å²) in [6.45, 7) is 7.87. The Hall–Kier alpha value is -1.26. The Morgan fingerprint density at radius 3 is 2.35 bits per heavy atom. The lowest BCUT2D eigenvalue weighted by atomic mass is 10.1. The van der Waals surface area contributed by atoms with Crippen molar-refractivity contribution in [2.75, 3.05) is 65.5 Å². The number of rotatable bonds is 7. The Kier molecular flexibility index (Phi) is 9.45. The molecular weight excluding hydrogens is 320 g/mol. The van der Waals surface area contributed by atoms with Gasteiger partial charge in [0.25, 0.3) is 0 Å². The van der Waals surface area contributed by atoms with Gasteiger partial charge in [0.15, 0.2) is 0 Å². The van der Waals surface area contributed by atoms with E-state index in [9.17, 15) is 0 Å². The highest BCUT2D eigenvalue weighted by atomic mass is 15.4. The van der Waals surface area contributed by atoms with Crippen molar-refractivity contribution in [2.24, 2.45) is 0 Å². The molecule has 0 saturated carbocycles. The maximum atomic E-state index is 5.86. The highest BCUT2D eigenvalue weighted by Gasteiger charge is 2.32. The number of likely N-dealkylation sites (N-methyl/N-ethyl adjacent to an activating group) is 1. The number of nitrogen functional groups attached to an aromatic ring is 1. The van der Waals surface area contributed by atoms with Gasteiger partial charge < -0.3 is 20.0 Å². The van der Waals surface area contributed by atoms with Gasteiger partial charge in [-0.3, -0.25) is 0 Å². The SMILES string of the molecule is CCCCCCN(C)C.Cc1cc(N2CCC([N+](C)(C)C)C2)ccc1N. The highest BCUT2D eigenvalue weighted by Crippen LogP contribution is 2.26. The maximum absolute atomic E-state index is 5.86. The summed E-state index contributed by atoms with van der Waals surface area (Å²) < 4.78 is 1.05. The van der Waals surface area contributed by atoms with E-state index in [1.807, 2.05) is 6.07 Å². The topological polar surface area (TPSA) is 32.5 Å². The predicted octanol–water partition coefficient (Wildman–Crippen LogP) is 3.99. The smallest absolute Gasteiger partial charge is 0.108 e. The molecule has 1 heterocycles. The molecule has 150 valence electrons. The quantitative estimate of drug-likeness (QED) is 0.452. The monoisotopic (exact) mass is 363 g/mol. The molecule has 1 atom stereocenters. The van der Waals surface area contributed by atoms with Crippen LogP contribution in [-0.4, -0.2) is 70.3 Å². The summed E-state index contributed by atoms with van der Waals surface area (Å²) in [6.07, 6.45) is 6.77. The minimum absolute atomic E-state index is 0.729. The third kappa shape index (κ3) is 7.96. The van der Waals surface area contributed by atoms with E-state index >= 15 is 0 Å². The molecule has 0 amide bonds. The van der Waals surface area contributed by atoms with Crippen molar-refractivity contribution in [1.29, 1.82) is 0 Å². The molecule has 1 saturated heterocycles. The molecule has 1 aliphatic heterocycles. The van der Waals surface area contributed by atoms with Crippen molar-refractivity contribution >= 4 is 11.4 Å². The van der Waals surface area contributed by atoms with Gasteiger partial charge in [0, 0.05) is 24.3 Å². The van der Waals surface area contributed by atoms with Crippen molar-refractivity contribution in [3.05, 3.63) is 23.8 Å². The van der Waals surface area contributed by atoms with Crippen molar-refractivity contribution in [2.45, 2.75) is 52.0 Å². The third-order valence-corrected chi connectivity index (χ3v) is 5.34. The summed E-state index contributed by atoms with van der Waals surface area (Å²) in [5.41, 5.74) is 9.24. The zero-order valence-electron chi connectivity index (χ0n) is 18.4. The summed E-state index contributed by atoms with van der Waals surface area (Å²) in [5, 5.41) is 0. The fraction of sp³-hybridized carbons (Fsp3) is 0.727. The van der Waals surface area contributed by atoms with E-state index in [0.717, 1.165) is 29.3 Å². The normalized spacial score (nSPS) is 17.4. The van der Waals surface area contributed by atoms with Crippen LogP contribution in [0, 0.1) is 6.92 Å². The van der Waals surface area contributed by atoms with E-state index in [-0.39, 0.29) is 0 Å². The van der Waals surface area contributed by atoms with Crippen LogP contribution in [0.4, 0.5) is 11.4 Å². The van der Waals surface area contributed by atoms with Crippen LogP contribution in [0.25, 0.3) is 0 Å². The zero-order valence-corrected chi connectivity index (χ0v) is 18.4. The zero-order chi connectivity index (χ0) is 19.7. The second kappa shape index (κ2) is 10.8. The molecule has 1 aromatic carbocycles. The number of anilines is 2. The molecule has 1 aromatic rings. The Balaban J connectivity index is 0.000000321. The van der Waals surface area contributed by atoms with Gasteiger partial charge >= 0.3 is 0 Å². The van der Waals surface area contributed by atoms with E-state index in [0.29, 0.717) is 0 Å². The van der Waals surface area contributed by atoms with E-state index in [4.69, 9.17) is 5.73 Å². The van der Waals surface area contributed by atoms with Crippen LogP contribution in [-0.2, 0) is 0 Å². The minimum Gasteiger partial charge on any atom is -0.399 e. The van der Waals surface area contributed by atoms with E-state index in [2.05, 4.69) is 71.0 Å². The summed E-state index contributed by atoms with van der Waals surface area (Å²) >= 11 is 0. The first-order chi connectivity index (χ1) is 12.1. The van der Waals surface area contributed by atoms with Gasteiger partial charge in [-0.2, -0.15) is 0 Å². The average Bonchev–Trinajstić information content (AvgIpc) is 3.05. The van der Waals surface area contributed by atoms with E-state index < -0.39 is 0 Å². The van der Waals surface area contributed by atoms with Crippen LogP contribution in [0.5, 0.6) is 0 Å². The lowest BCUT2D eigenvalue weighted by Gasteiger charge is -2.31. The first-order valence-electron chi connectivity index (χ1n) is 10.2. The number of nitrogens with two attached hydrogens (primary N) is 1. The van der Waals surface area contributed by atoms with Crippen molar-refractivity contribution in [1.82, 2.24) is 4.90 Å². The molecule has 0 aliphatic carbocycles. The predicted molar refractivity (Wildman–Crippen MR) is 117 cm³/mol. The first-order valence-corrected chi connectivity index (χ1v) is 10.2. The van der Waals surface area contributed by atoms with Gasteiger partial charge in [-0.1, -0.05) is 26.2 Å². The van der Waals surface area contributed by atoms with Crippen molar-refractivity contribution in [3.8, 4) is 0 Å². The van der Waals surface area contributed by atoms with E-state index in [1.165, 1.54) is 49.9 Å². The summed E-state index contributed by atoms with van der Waals surface area (Å²) in [4.78, 5) is 4.72. The number of hydrogen-bond acceptors (Lipinski definition) is 3. The summed E-state index contributed by atoms with van der Waals surface area (Å²) in [6, 6.07) is 7.09. The molecule has 0 spiro atoms. The Morgan fingerprint density at radius 2 is 1.85 bits per heavy atom. The number of unbranched alkanes of at least 4 members (excludes halogenated alkanes) is 3. The van der Waals surface area contributed by atoms with Crippen molar-refractivity contribution < 1.29 is 4.48 Å². The average molecular weight is 364 g/mol. The molecule has 4 nitrogen and oxygen atoms in total. The maximum Gasteiger partial charge on any atom is 0.108 e. The summed E-state index contributed by atoms with van der Waals surface area (Å²) in [7, 11) is 11.1. The van der Waals surface area contributed by atoms with Gasteiger partial charge in [-0.05, 0) is 57.7 Å². The number of aryl methyl sites for hydroxylation is 1. The lowest BCUT2D eigenvalue weighted by Crippen LogP contribution is -2.46. The Bertz CT molecular complexity index is 519. The van der Waals surface area contributed by atoms with Gasteiger partial charge in [0.1, 0.15) is 6.04 Å². The molecule has 2 N–H and O–H groups in total. The fourth-order valence-electron chi connectivity index (χ4n) is 3.32. The van der Waals surface area contributed by atoms with Crippen LogP contribution in [0.15, 0.2) is 18.2 Å². The fourth-order valence-corrected chi connectivity index (χ4v) is 3.32. The number of quaternary nitrogens is 1. The van der Waals surface area contributed by atoms with Crippen LogP contribution in [0.1, 0.15) is 44.6 Å².